The summed E-state index contributed by atoms with van der Waals surface area (Å²) in [6.45, 7) is 4.73. The van der Waals surface area contributed by atoms with Crippen molar-refractivity contribution in [1.29, 1.82) is 0 Å². The smallest absolute Gasteiger partial charge is 0.272 e. The highest BCUT2D eigenvalue weighted by molar-refractivity contribution is 6.09. The van der Waals surface area contributed by atoms with E-state index in [4.69, 9.17) is 4.74 Å². The molecule has 138 valence electrons. The molecule has 0 aliphatic carbocycles. The number of rotatable bonds is 3. The van der Waals surface area contributed by atoms with Gasteiger partial charge in [0.25, 0.3) is 11.8 Å². The summed E-state index contributed by atoms with van der Waals surface area (Å²) in [5.74, 6) is 0.345. The van der Waals surface area contributed by atoms with Gasteiger partial charge >= 0.3 is 0 Å². The Morgan fingerprint density at radius 3 is 2.78 bits per heavy atom. The van der Waals surface area contributed by atoms with E-state index < -0.39 is 0 Å². The molecule has 2 aromatic carbocycles. The van der Waals surface area contributed by atoms with Crippen LogP contribution in [-0.2, 0) is 11.3 Å². The number of carbonyl (C=O) groups excluding carboxylic acids is 2. The van der Waals surface area contributed by atoms with E-state index in [0.717, 1.165) is 16.5 Å². The topological polar surface area (TPSA) is 63.6 Å². The molecule has 1 N–H and O–H groups in total. The first kappa shape index (κ1) is 17.1. The highest BCUT2D eigenvalue weighted by atomic mass is 16.5. The first-order valence-corrected chi connectivity index (χ1v) is 8.93. The fraction of sp³-hybridized carbons (Fsp3) is 0.238. The van der Waals surface area contributed by atoms with Gasteiger partial charge in [0.1, 0.15) is 11.4 Å². The normalized spacial score (nSPS) is 13.4. The molecular weight excluding hydrogens is 342 g/mol. The van der Waals surface area contributed by atoms with E-state index in [-0.39, 0.29) is 18.4 Å². The third-order valence-corrected chi connectivity index (χ3v) is 5.06. The molecule has 1 aliphatic rings. The van der Waals surface area contributed by atoms with Gasteiger partial charge in [0.2, 0.25) is 0 Å². The molecule has 0 fully saturated rings. The number of fused-ring (bicyclic) bond motifs is 2. The van der Waals surface area contributed by atoms with Crippen LogP contribution in [0.1, 0.15) is 23.0 Å². The van der Waals surface area contributed by atoms with E-state index in [9.17, 15) is 9.59 Å². The molecule has 0 radical (unpaired) electrons. The molecule has 27 heavy (non-hydrogen) atoms. The van der Waals surface area contributed by atoms with Crippen LogP contribution >= 0.6 is 0 Å². The SMILES string of the molecule is CCn1c(C(=O)Nc2ccc3c(c2)N(C)C(=O)CO3)c(C)c2ccccc21. The first-order chi connectivity index (χ1) is 13.0. The maximum absolute atomic E-state index is 13.1. The van der Waals surface area contributed by atoms with Gasteiger partial charge in [-0.15, -0.1) is 0 Å². The number of hydrogen-bond acceptors (Lipinski definition) is 3. The Morgan fingerprint density at radius 2 is 2.00 bits per heavy atom. The van der Waals surface area contributed by atoms with Crippen molar-refractivity contribution in [3.05, 3.63) is 53.7 Å². The van der Waals surface area contributed by atoms with Gasteiger partial charge in [-0.25, -0.2) is 0 Å². The molecule has 1 aromatic heterocycles. The summed E-state index contributed by atoms with van der Waals surface area (Å²) in [4.78, 5) is 26.4. The van der Waals surface area contributed by atoms with Gasteiger partial charge in [0.05, 0.1) is 5.69 Å². The highest BCUT2D eigenvalue weighted by Gasteiger charge is 2.24. The third kappa shape index (κ3) is 2.73. The average molecular weight is 363 g/mol. The van der Waals surface area contributed by atoms with Crippen LogP contribution in [0.2, 0.25) is 0 Å². The number of benzene rings is 2. The standard InChI is InChI=1S/C21H21N3O3/c1-4-24-16-8-6-5-7-15(16)13(2)20(24)21(26)22-14-9-10-18-17(11-14)23(3)19(25)12-27-18/h5-11H,4,12H2,1-3H3,(H,22,26). The van der Waals surface area contributed by atoms with E-state index in [1.807, 2.05) is 42.7 Å². The molecular formula is C21H21N3O3. The molecule has 3 aromatic rings. The maximum atomic E-state index is 13.1. The Morgan fingerprint density at radius 1 is 1.22 bits per heavy atom. The van der Waals surface area contributed by atoms with Crippen molar-refractivity contribution < 1.29 is 14.3 Å². The van der Waals surface area contributed by atoms with Gasteiger partial charge in [-0.2, -0.15) is 0 Å². The van der Waals surface area contributed by atoms with Gasteiger partial charge in [-0.3, -0.25) is 9.59 Å². The summed E-state index contributed by atoms with van der Waals surface area (Å²) in [7, 11) is 1.70. The number of ether oxygens (including phenoxy) is 1. The van der Waals surface area contributed by atoms with E-state index in [0.29, 0.717) is 29.4 Å². The molecule has 0 saturated heterocycles. The Balaban J connectivity index is 1.71. The average Bonchev–Trinajstić information content (AvgIpc) is 2.97. The van der Waals surface area contributed by atoms with Crippen LogP contribution in [-0.4, -0.2) is 30.0 Å². The van der Waals surface area contributed by atoms with Crippen molar-refractivity contribution in [2.45, 2.75) is 20.4 Å². The highest BCUT2D eigenvalue weighted by Crippen LogP contribution is 2.34. The van der Waals surface area contributed by atoms with Crippen LogP contribution in [0.4, 0.5) is 11.4 Å². The first-order valence-electron chi connectivity index (χ1n) is 8.93. The lowest BCUT2D eigenvalue weighted by atomic mass is 10.1. The van der Waals surface area contributed by atoms with Crippen LogP contribution in [0.25, 0.3) is 10.9 Å². The van der Waals surface area contributed by atoms with Crippen LogP contribution in [0.5, 0.6) is 5.75 Å². The molecule has 0 spiro atoms. The van der Waals surface area contributed by atoms with E-state index in [2.05, 4.69) is 5.32 Å². The summed E-state index contributed by atoms with van der Waals surface area (Å²) >= 11 is 0. The van der Waals surface area contributed by atoms with Crippen molar-refractivity contribution in [2.24, 2.45) is 0 Å². The molecule has 2 amide bonds. The minimum atomic E-state index is -0.170. The molecule has 0 unspecified atom stereocenters. The molecule has 4 rings (SSSR count). The van der Waals surface area contributed by atoms with Gasteiger partial charge in [-0.05, 0) is 43.7 Å². The van der Waals surface area contributed by atoms with Crippen LogP contribution in [0.15, 0.2) is 42.5 Å². The predicted octanol–water partition coefficient (Wildman–Crippen LogP) is 3.58. The summed E-state index contributed by atoms with van der Waals surface area (Å²) in [5, 5.41) is 4.04. The second kappa shape index (κ2) is 6.46. The van der Waals surface area contributed by atoms with Gasteiger partial charge < -0.3 is 19.5 Å². The zero-order valence-corrected chi connectivity index (χ0v) is 15.6. The van der Waals surface area contributed by atoms with Crippen molar-refractivity contribution in [1.82, 2.24) is 4.57 Å². The van der Waals surface area contributed by atoms with Crippen molar-refractivity contribution in [2.75, 3.05) is 23.9 Å². The Kier molecular flexibility index (Phi) is 4.11. The Hall–Kier alpha value is -3.28. The molecule has 6 heteroatoms. The molecule has 1 aliphatic heterocycles. The maximum Gasteiger partial charge on any atom is 0.272 e. The summed E-state index contributed by atoms with van der Waals surface area (Å²) in [6.07, 6.45) is 0. The fourth-order valence-electron chi connectivity index (χ4n) is 3.64. The summed E-state index contributed by atoms with van der Waals surface area (Å²) < 4.78 is 7.46. The van der Waals surface area contributed by atoms with Crippen molar-refractivity contribution >= 4 is 34.1 Å². The zero-order valence-electron chi connectivity index (χ0n) is 15.6. The summed E-state index contributed by atoms with van der Waals surface area (Å²) in [6, 6.07) is 13.3. The molecule has 0 saturated carbocycles. The second-order valence-corrected chi connectivity index (χ2v) is 6.61. The Labute approximate surface area is 157 Å². The molecule has 0 atom stereocenters. The van der Waals surface area contributed by atoms with Gasteiger partial charge in [-0.1, -0.05) is 18.2 Å². The van der Waals surface area contributed by atoms with Crippen molar-refractivity contribution in [3.63, 3.8) is 0 Å². The number of likely N-dealkylation sites (N-methyl/N-ethyl adjacent to an activating group) is 1. The van der Waals surface area contributed by atoms with Crippen LogP contribution in [0.3, 0.4) is 0 Å². The van der Waals surface area contributed by atoms with Crippen molar-refractivity contribution in [3.8, 4) is 5.75 Å². The van der Waals surface area contributed by atoms with E-state index in [1.165, 1.54) is 0 Å². The Bertz CT molecular complexity index is 1070. The van der Waals surface area contributed by atoms with Crippen LogP contribution < -0.4 is 15.0 Å². The zero-order chi connectivity index (χ0) is 19.1. The minimum absolute atomic E-state index is 0.0327. The number of nitrogens with one attached hydrogen (secondary N) is 1. The lowest BCUT2D eigenvalue weighted by Gasteiger charge is -2.26. The number of para-hydroxylation sites is 1. The molecule has 2 heterocycles. The fourth-order valence-corrected chi connectivity index (χ4v) is 3.64. The second-order valence-electron chi connectivity index (χ2n) is 6.61. The lowest BCUT2D eigenvalue weighted by molar-refractivity contribution is -0.120. The third-order valence-electron chi connectivity index (χ3n) is 5.06. The number of aromatic nitrogens is 1. The number of amides is 2. The number of nitrogens with zero attached hydrogens (tertiary/aromatic N) is 2. The number of aryl methyl sites for hydroxylation is 2. The quantitative estimate of drug-likeness (QED) is 0.774. The lowest BCUT2D eigenvalue weighted by Crippen LogP contribution is -2.35. The summed E-state index contributed by atoms with van der Waals surface area (Å²) in [5.41, 5.74) is 3.93. The van der Waals surface area contributed by atoms with Gasteiger partial charge in [0.15, 0.2) is 6.61 Å². The van der Waals surface area contributed by atoms with Gasteiger partial charge in [0, 0.05) is 30.2 Å². The largest absolute Gasteiger partial charge is 0.482 e. The number of hydrogen-bond donors (Lipinski definition) is 1. The van der Waals surface area contributed by atoms with E-state index >= 15 is 0 Å². The number of carbonyl (C=O) groups is 2. The molecule has 0 bridgehead atoms. The predicted molar refractivity (Wildman–Crippen MR) is 106 cm³/mol. The minimum Gasteiger partial charge on any atom is -0.482 e. The van der Waals surface area contributed by atoms with E-state index in [1.54, 1.807) is 30.1 Å². The number of anilines is 2. The van der Waals surface area contributed by atoms with Crippen LogP contribution in [0, 0.1) is 6.92 Å². The monoisotopic (exact) mass is 363 g/mol. The molecule has 6 nitrogen and oxygen atoms in total.